The zero-order valence-electron chi connectivity index (χ0n) is 24.1. The number of nitrogens with zero attached hydrogens (tertiary/aromatic N) is 2. The molecule has 3 aromatic carbocycles. The molecule has 0 radical (unpaired) electrons. The Morgan fingerprint density at radius 3 is 2.17 bits per heavy atom. The van der Waals surface area contributed by atoms with Crippen molar-refractivity contribution < 1.29 is 14.3 Å². The second-order valence-electron chi connectivity index (χ2n) is 10.7. The first-order valence-electron chi connectivity index (χ1n) is 14.0. The van der Waals surface area contributed by atoms with Crippen molar-refractivity contribution in [2.45, 2.75) is 32.1 Å². The highest BCUT2D eigenvalue weighted by atomic mass is 35.5. The zero-order chi connectivity index (χ0) is 29.4. The van der Waals surface area contributed by atoms with E-state index in [-0.39, 0.29) is 18.4 Å². The summed E-state index contributed by atoms with van der Waals surface area (Å²) in [5.41, 5.74) is 4.69. The molecule has 2 unspecified atom stereocenters. The monoisotopic (exact) mass is 571 g/mol. The zero-order valence-corrected chi connectivity index (χ0v) is 24.9. The van der Waals surface area contributed by atoms with Gasteiger partial charge in [0, 0.05) is 41.4 Å². The van der Waals surface area contributed by atoms with Crippen LogP contribution < -0.4 is 5.32 Å². The average Bonchev–Trinajstić information content (AvgIpc) is 2.95. The summed E-state index contributed by atoms with van der Waals surface area (Å²) in [6, 6.07) is 27.8. The molecule has 1 heterocycles. The van der Waals surface area contributed by atoms with Crippen molar-refractivity contribution in [2.75, 3.05) is 33.8 Å². The van der Waals surface area contributed by atoms with Crippen molar-refractivity contribution in [1.82, 2.24) is 10.2 Å². The van der Waals surface area contributed by atoms with E-state index in [0.717, 1.165) is 16.7 Å². The largest absolute Gasteiger partial charge is 0.462 e. The van der Waals surface area contributed by atoms with Crippen LogP contribution in [0.3, 0.4) is 0 Å². The van der Waals surface area contributed by atoms with E-state index in [1.807, 2.05) is 80.5 Å². The summed E-state index contributed by atoms with van der Waals surface area (Å²) < 4.78 is 5.95. The van der Waals surface area contributed by atoms with Gasteiger partial charge < -0.3 is 15.0 Å². The number of nitrogens with one attached hydrogen (secondary N) is 1. The standard InChI is InChI=1S/C34H38ClN3O3/c1-23-30(33(39)36-19-20-38(3)4)32(27-16-11-17-28(35)22-27)31(24(2)37-23)34(40)41-21-18-29(25-12-7-5-8-13-25)26-14-9-6-10-15-26/h5-17,22,29-30,32H,18-21H2,1-4H3,(H,36,39). The van der Waals surface area contributed by atoms with Crippen molar-refractivity contribution in [3.05, 3.63) is 118 Å². The Balaban J connectivity index is 1.59. The van der Waals surface area contributed by atoms with E-state index >= 15 is 0 Å². The average molecular weight is 572 g/mol. The highest BCUT2D eigenvalue weighted by Gasteiger charge is 2.41. The predicted octanol–water partition coefficient (Wildman–Crippen LogP) is 6.23. The number of likely N-dealkylation sites (N-methyl/N-ethyl adjacent to an activating group) is 1. The van der Waals surface area contributed by atoms with E-state index < -0.39 is 17.8 Å². The number of hydrogen-bond donors (Lipinski definition) is 1. The Morgan fingerprint density at radius 1 is 0.951 bits per heavy atom. The minimum Gasteiger partial charge on any atom is -0.462 e. The highest BCUT2D eigenvalue weighted by Crippen LogP contribution is 2.40. The first-order valence-corrected chi connectivity index (χ1v) is 14.3. The second kappa shape index (κ2) is 14.2. The second-order valence-corrected chi connectivity index (χ2v) is 11.1. The van der Waals surface area contributed by atoms with E-state index in [1.54, 1.807) is 13.0 Å². The van der Waals surface area contributed by atoms with E-state index in [2.05, 4.69) is 34.6 Å². The molecule has 1 amide bonds. The number of allylic oxidation sites excluding steroid dienone is 1. The lowest BCUT2D eigenvalue weighted by atomic mass is 9.75. The third-order valence-corrected chi connectivity index (χ3v) is 7.68. The molecule has 2 atom stereocenters. The number of aliphatic imine (C=N–C) groups is 1. The third-order valence-electron chi connectivity index (χ3n) is 7.44. The van der Waals surface area contributed by atoms with Crippen LogP contribution in [0.5, 0.6) is 0 Å². The van der Waals surface area contributed by atoms with Crippen LogP contribution in [0, 0.1) is 5.92 Å². The lowest BCUT2D eigenvalue weighted by Gasteiger charge is -2.32. The van der Waals surface area contributed by atoms with Crippen LogP contribution in [-0.4, -0.2) is 56.3 Å². The number of carbonyl (C=O) groups is 2. The molecule has 214 valence electrons. The molecular weight excluding hydrogens is 534 g/mol. The Morgan fingerprint density at radius 2 is 1.59 bits per heavy atom. The van der Waals surface area contributed by atoms with Gasteiger partial charge in [-0.2, -0.15) is 0 Å². The number of esters is 1. The minimum atomic E-state index is -0.664. The van der Waals surface area contributed by atoms with E-state index in [9.17, 15) is 9.59 Å². The van der Waals surface area contributed by atoms with Gasteiger partial charge in [-0.15, -0.1) is 0 Å². The van der Waals surface area contributed by atoms with Crippen molar-refractivity contribution in [3.8, 4) is 0 Å². The molecule has 1 N–H and O–H groups in total. The third kappa shape index (κ3) is 7.72. The molecule has 1 aliphatic rings. The molecule has 41 heavy (non-hydrogen) atoms. The Kier molecular flexibility index (Phi) is 10.5. The maximum Gasteiger partial charge on any atom is 0.336 e. The Hall–Kier alpha value is -3.74. The van der Waals surface area contributed by atoms with E-state index in [4.69, 9.17) is 16.3 Å². The van der Waals surface area contributed by atoms with Gasteiger partial charge in [-0.1, -0.05) is 84.4 Å². The molecule has 6 nitrogen and oxygen atoms in total. The summed E-state index contributed by atoms with van der Waals surface area (Å²) in [6.07, 6.45) is 0.616. The molecule has 1 aliphatic heterocycles. The molecule has 0 aromatic heterocycles. The maximum absolute atomic E-state index is 13.8. The van der Waals surface area contributed by atoms with Crippen LogP contribution in [-0.2, 0) is 14.3 Å². The highest BCUT2D eigenvalue weighted by molar-refractivity contribution is 6.30. The summed E-state index contributed by atoms with van der Waals surface area (Å²) >= 11 is 6.38. The first kappa shape index (κ1) is 30.2. The van der Waals surface area contributed by atoms with E-state index in [1.165, 1.54) is 0 Å². The van der Waals surface area contributed by atoms with Gasteiger partial charge in [0.25, 0.3) is 0 Å². The van der Waals surface area contributed by atoms with Crippen molar-refractivity contribution >= 4 is 29.2 Å². The van der Waals surface area contributed by atoms with Crippen LogP contribution in [0.4, 0.5) is 0 Å². The molecule has 7 heteroatoms. The smallest absolute Gasteiger partial charge is 0.336 e. The van der Waals surface area contributed by atoms with Gasteiger partial charge in [-0.25, -0.2) is 4.79 Å². The summed E-state index contributed by atoms with van der Waals surface area (Å²) in [6.45, 7) is 5.04. The topological polar surface area (TPSA) is 71.0 Å². The van der Waals surface area contributed by atoms with Gasteiger partial charge >= 0.3 is 5.97 Å². The molecule has 0 saturated carbocycles. The first-order chi connectivity index (χ1) is 19.8. The fourth-order valence-electron chi connectivity index (χ4n) is 5.46. The van der Waals surface area contributed by atoms with Crippen LogP contribution in [0.2, 0.25) is 5.02 Å². The summed E-state index contributed by atoms with van der Waals surface area (Å²) in [5, 5.41) is 3.56. The van der Waals surface area contributed by atoms with Gasteiger partial charge in [-0.05, 0) is 63.2 Å². The molecule has 0 bridgehead atoms. The number of hydrogen-bond acceptors (Lipinski definition) is 5. The molecule has 3 aromatic rings. The van der Waals surface area contributed by atoms with E-state index in [0.29, 0.717) is 41.5 Å². The molecule has 0 fully saturated rings. The van der Waals surface area contributed by atoms with Crippen molar-refractivity contribution in [3.63, 3.8) is 0 Å². The fourth-order valence-corrected chi connectivity index (χ4v) is 5.66. The predicted molar refractivity (Wildman–Crippen MR) is 165 cm³/mol. The Labute approximate surface area is 248 Å². The summed E-state index contributed by atoms with van der Waals surface area (Å²) in [5.74, 6) is -1.80. The number of rotatable bonds is 11. The van der Waals surface area contributed by atoms with Crippen LogP contribution in [0.25, 0.3) is 0 Å². The number of halogens is 1. The lowest BCUT2D eigenvalue weighted by Crippen LogP contribution is -2.43. The van der Waals surface area contributed by atoms with Gasteiger partial charge in [0.15, 0.2) is 0 Å². The quantitative estimate of drug-likeness (QED) is 0.277. The minimum absolute atomic E-state index is 0.0749. The van der Waals surface area contributed by atoms with Gasteiger partial charge in [0.1, 0.15) is 0 Å². The number of amides is 1. The Bertz CT molecular complexity index is 1360. The van der Waals surface area contributed by atoms with Gasteiger partial charge in [0.05, 0.1) is 18.1 Å². The maximum atomic E-state index is 13.8. The molecule has 0 spiro atoms. The fraction of sp³-hybridized carbons (Fsp3) is 0.324. The van der Waals surface area contributed by atoms with Crippen LogP contribution in [0.15, 0.2) is 101 Å². The van der Waals surface area contributed by atoms with Crippen molar-refractivity contribution in [2.24, 2.45) is 10.9 Å². The number of ether oxygens (including phenoxy) is 1. The van der Waals surface area contributed by atoms with Crippen LogP contribution in [0.1, 0.15) is 48.8 Å². The molecule has 0 saturated heterocycles. The van der Waals surface area contributed by atoms with Gasteiger partial charge in [0.2, 0.25) is 5.91 Å². The molecular formula is C34H38ClN3O3. The SMILES string of the molecule is CC1=NC(C)=C(C(=O)OCCC(c2ccccc2)c2ccccc2)C(c2cccc(Cl)c2)C1C(=O)NCCN(C)C. The normalized spacial score (nSPS) is 17.0. The van der Waals surface area contributed by atoms with Crippen LogP contribution >= 0.6 is 11.6 Å². The van der Waals surface area contributed by atoms with Gasteiger partial charge in [-0.3, -0.25) is 9.79 Å². The van der Waals surface area contributed by atoms with Crippen molar-refractivity contribution in [1.29, 1.82) is 0 Å². The number of benzene rings is 3. The molecule has 0 aliphatic carbocycles. The summed E-state index contributed by atoms with van der Waals surface area (Å²) in [4.78, 5) is 34.0. The molecule has 4 rings (SSSR count). The summed E-state index contributed by atoms with van der Waals surface area (Å²) in [7, 11) is 3.91. The lowest BCUT2D eigenvalue weighted by molar-refractivity contribution is -0.139. The number of carbonyl (C=O) groups excluding carboxylic acids is 2.